The Morgan fingerprint density at radius 2 is 1.76 bits per heavy atom. The molecule has 0 aliphatic heterocycles. The van der Waals surface area contributed by atoms with E-state index >= 15 is 0 Å². The highest BCUT2D eigenvalue weighted by Gasteiger charge is 2.22. The predicted octanol–water partition coefficient (Wildman–Crippen LogP) is 4.55. The van der Waals surface area contributed by atoms with Gasteiger partial charge in [0.15, 0.2) is 0 Å². The summed E-state index contributed by atoms with van der Waals surface area (Å²) in [6, 6.07) is 17.9. The number of carbonyl (C=O) groups is 2. The average Bonchev–Trinajstić information content (AvgIpc) is 3.13. The Morgan fingerprint density at radius 3 is 2.45 bits per heavy atom. The summed E-state index contributed by atoms with van der Waals surface area (Å²) in [5.41, 5.74) is 2.84. The maximum absolute atomic E-state index is 13.2. The molecule has 2 aromatic heterocycles. The molecule has 0 unspecified atom stereocenters. The highest BCUT2D eigenvalue weighted by Crippen LogP contribution is 2.25. The number of nitrogens with zero attached hydrogens (tertiary/aromatic N) is 2. The normalized spacial score (nSPS) is 10.8. The van der Waals surface area contributed by atoms with Crippen LogP contribution in [0.1, 0.15) is 33.3 Å². The van der Waals surface area contributed by atoms with Gasteiger partial charge in [-0.25, -0.2) is 14.2 Å². The number of halogens is 1. The van der Waals surface area contributed by atoms with Gasteiger partial charge in [0.05, 0.1) is 29.1 Å². The molecule has 29 heavy (non-hydrogen) atoms. The van der Waals surface area contributed by atoms with Gasteiger partial charge < -0.3 is 4.74 Å². The Hall–Kier alpha value is -3.80. The number of hydrogen-bond donors (Lipinski definition) is 0. The molecule has 0 amide bonds. The van der Waals surface area contributed by atoms with Crippen LogP contribution < -0.4 is 0 Å². The maximum atomic E-state index is 13.2. The van der Waals surface area contributed by atoms with E-state index in [9.17, 15) is 14.0 Å². The minimum Gasteiger partial charge on any atom is -0.462 e. The Labute approximate surface area is 166 Å². The summed E-state index contributed by atoms with van der Waals surface area (Å²) in [6.07, 6.45) is 1.49. The summed E-state index contributed by atoms with van der Waals surface area (Å²) < 4.78 is 20.0. The Balaban J connectivity index is 1.88. The standard InChI is InChI=1S/C23H17FN2O3/c1-2-29-23(28)18-12-21(22(27)16-6-4-3-5-7-16)26-14-25-19(13-20(18)26)15-8-10-17(24)11-9-15/h3-14H,2H2,1H3. The van der Waals surface area contributed by atoms with Gasteiger partial charge in [-0.05, 0) is 43.3 Å². The summed E-state index contributed by atoms with van der Waals surface area (Å²) in [7, 11) is 0. The molecular weight excluding hydrogens is 371 g/mol. The first-order chi connectivity index (χ1) is 14.1. The molecule has 4 rings (SSSR count). The van der Waals surface area contributed by atoms with E-state index in [-0.39, 0.29) is 23.8 Å². The molecule has 0 bridgehead atoms. The van der Waals surface area contributed by atoms with Crippen LogP contribution in [0.25, 0.3) is 16.8 Å². The number of esters is 1. The SMILES string of the molecule is CCOC(=O)c1cc(C(=O)c2ccccc2)n2cnc(-c3ccc(F)cc3)cc12. The van der Waals surface area contributed by atoms with Gasteiger partial charge in [0.1, 0.15) is 12.1 Å². The molecule has 0 saturated heterocycles. The van der Waals surface area contributed by atoms with Crippen LogP contribution in [0.3, 0.4) is 0 Å². The number of rotatable bonds is 5. The largest absolute Gasteiger partial charge is 0.462 e. The molecule has 0 N–H and O–H groups in total. The molecule has 0 aliphatic rings. The van der Waals surface area contributed by atoms with Crippen LogP contribution in [0.15, 0.2) is 73.1 Å². The van der Waals surface area contributed by atoms with Crippen molar-refractivity contribution in [2.75, 3.05) is 6.61 Å². The van der Waals surface area contributed by atoms with Gasteiger partial charge in [-0.3, -0.25) is 9.20 Å². The second kappa shape index (κ2) is 7.67. The lowest BCUT2D eigenvalue weighted by Crippen LogP contribution is -2.05. The van der Waals surface area contributed by atoms with Crippen molar-refractivity contribution in [1.82, 2.24) is 9.38 Å². The zero-order valence-corrected chi connectivity index (χ0v) is 15.6. The van der Waals surface area contributed by atoms with Crippen LogP contribution in [0.4, 0.5) is 4.39 Å². The summed E-state index contributed by atoms with van der Waals surface area (Å²) in [5.74, 6) is -1.10. The predicted molar refractivity (Wildman–Crippen MR) is 106 cm³/mol. The van der Waals surface area contributed by atoms with Crippen molar-refractivity contribution >= 4 is 17.3 Å². The number of fused-ring (bicyclic) bond motifs is 1. The number of carbonyl (C=O) groups excluding carboxylic acids is 2. The third kappa shape index (κ3) is 3.52. The minimum absolute atomic E-state index is 0.216. The molecule has 0 atom stereocenters. The summed E-state index contributed by atoms with van der Waals surface area (Å²) >= 11 is 0. The van der Waals surface area contributed by atoms with Crippen molar-refractivity contribution in [3.8, 4) is 11.3 Å². The minimum atomic E-state index is -0.520. The van der Waals surface area contributed by atoms with Crippen molar-refractivity contribution in [2.24, 2.45) is 0 Å². The first kappa shape index (κ1) is 18.6. The van der Waals surface area contributed by atoms with Gasteiger partial charge in [-0.2, -0.15) is 0 Å². The van der Waals surface area contributed by atoms with Crippen molar-refractivity contribution in [1.29, 1.82) is 0 Å². The van der Waals surface area contributed by atoms with Crippen molar-refractivity contribution in [3.63, 3.8) is 0 Å². The van der Waals surface area contributed by atoms with Gasteiger partial charge in [0.25, 0.3) is 0 Å². The molecule has 0 aliphatic carbocycles. The van der Waals surface area contributed by atoms with E-state index in [1.54, 1.807) is 53.8 Å². The van der Waals surface area contributed by atoms with Gasteiger partial charge >= 0.3 is 5.97 Å². The maximum Gasteiger partial charge on any atom is 0.340 e. The summed E-state index contributed by atoms with van der Waals surface area (Å²) in [5, 5.41) is 0. The molecule has 2 heterocycles. The average molecular weight is 388 g/mol. The Bertz CT molecular complexity index is 1200. The van der Waals surface area contributed by atoms with Gasteiger partial charge in [0, 0.05) is 11.1 Å². The van der Waals surface area contributed by atoms with E-state index in [1.807, 2.05) is 6.07 Å². The third-order valence-corrected chi connectivity index (χ3v) is 4.57. The summed E-state index contributed by atoms with van der Waals surface area (Å²) in [4.78, 5) is 29.9. The van der Waals surface area contributed by atoms with E-state index in [1.165, 1.54) is 24.5 Å². The molecule has 0 saturated carbocycles. The number of aromatic nitrogens is 2. The number of ketones is 1. The first-order valence-corrected chi connectivity index (χ1v) is 9.12. The number of hydrogen-bond acceptors (Lipinski definition) is 4. The molecule has 6 heteroatoms. The summed E-state index contributed by atoms with van der Waals surface area (Å²) in [6.45, 7) is 1.94. The van der Waals surface area contributed by atoms with Gasteiger partial charge in [-0.1, -0.05) is 30.3 Å². The molecule has 0 radical (unpaired) electrons. The second-order valence-corrected chi connectivity index (χ2v) is 6.40. The van der Waals surface area contributed by atoms with Crippen LogP contribution in [0, 0.1) is 5.82 Å². The van der Waals surface area contributed by atoms with Crippen LogP contribution in [0.2, 0.25) is 0 Å². The quantitative estimate of drug-likeness (QED) is 0.372. The monoisotopic (exact) mass is 388 g/mol. The zero-order chi connectivity index (χ0) is 20.4. The van der Waals surface area contributed by atoms with Crippen LogP contribution in [-0.4, -0.2) is 27.7 Å². The fraction of sp³-hybridized carbons (Fsp3) is 0.0870. The molecule has 0 fully saturated rings. The number of benzene rings is 2. The molecule has 2 aromatic carbocycles. The van der Waals surface area contributed by atoms with E-state index in [0.717, 1.165) is 0 Å². The van der Waals surface area contributed by atoms with Crippen molar-refractivity contribution < 1.29 is 18.7 Å². The van der Waals surface area contributed by atoms with Crippen LogP contribution in [-0.2, 0) is 4.74 Å². The fourth-order valence-corrected chi connectivity index (χ4v) is 3.16. The molecular formula is C23H17FN2O3. The van der Waals surface area contributed by atoms with E-state index in [4.69, 9.17) is 4.74 Å². The number of ether oxygens (including phenoxy) is 1. The third-order valence-electron chi connectivity index (χ3n) is 4.57. The molecule has 4 aromatic rings. The molecule has 144 valence electrons. The molecule has 0 spiro atoms. The molecule has 5 nitrogen and oxygen atoms in total. The second-order valence-electron chi connectivity index (χ2n) is 6.40. The van der Waals surface area contributed by atoms with Crippen LogP contribution >= 0.6 is 0 Å². The lowest BCUT2D eigenvalue weighted by atomic mass is 10.1. The fourth-order valence-electron chi connectivity index (χ4n) is 3.16. The Kier molecular flexibility index (Phi) is 4.91. The van der Waals surface area contributed by atoms with Crippen molar-refractivity contribution in [3.05, 3.63) is 95.7 Å². The topological polar surface area (TPSA) is 60.7 Å². The smallest absolute Gasteiger partial charge is 0.340 e. The highest BCUT2D eigenvalue weighted by atomic mass is 19.1. The van der Waals surface area contributed by atoms with E-state index < -0.39 is 5.97 Å². The van der Waals surface area contributed by atoms with Gasteiger partial charge in [0.2, 0.25) is 5.78 Å². The van der Waals surface area contributed by atoms with Crippen LogP contribution in [0.5, 0.6) is 0 Å². The van der Waals surface area contributed by atoms with E-state index in [0.29, 0.717) is 28.0 Å². The Morgan fingerprint density at radius 1 is 1.03 bits per heavy atom. The zero-order valence-electron chi connectivity index (χ0n) is 15.6. The van der Waals surface area contributed by atoms with E-state index in [2.05, 4.69) is 4.98 Å². The first-order valence-electron chi connectivity index (χ1n) is 9.12. The van der Waals surface area contributed by atoms with Crippen molar-refractivity contribution in [2.45, 2.75) is 6.92 Å². The lowest BCUT2D eigenvalue weighted by molar-refractivity contribution is 0.0529. The highest BCUT2D eigenvalue weighted by molar-refractivity contribution is 6.11. The van der Waals surface area contributed by atoms with Gasteiger partial charge in [-0.15, -0.1) is 0 Å². The lowest BCUT2D eigenvalue weighted by Gasteiger charge is -2.06.